The van der Waals surface area contributed by atoms with Gasteiger partial charge >= 0.3 is 0 Å². The third kappa shape index (κ3) is 7.34. The van der Waals surface area contributed by atoms with Crippen molar-refractivity contribution in [3.8, 4) is 17.2 Å². The molecule has 6 nitrogen and oxygen atoms in total. The molecule has 0 radical (unpaired) electrons. The second kappa shape index (κ2) is 12.4. The smallest absolute Gasteiger partial charge is 0.258 e. The number of rotatable bonds is 12. The molecule has 0 unspecified atom stereocenters. The standard InChI is InChI=1S/C26H32ClN3O3/c1-4-29(5-2)20(3)7-6-16-32-24-12-10-23(11-13-24)30-15-14-25(17-26(30)31)33-19-22-9-8-21(27)18-28-22/h8-15,17-18,20H,4-7,16,19H2,1-3H3/t20-/m0/s1. The summed E-state index contributed by atoms with van der Waals surface area (Å²) in [7, 11) is 0. The lowest BCUT2D eigenvalue weighted by Crippen LogP contribution is -2.32. The van der Waals surface area contributed by atoms with E-state index in [4.69, 9.17) is 21.1 Å². The number of hydrogen-bond donors (Lipinski definition) is 0. The van der Waals surface area contributed by atoms with Crippen LogP contribution in [0.25, 0.3) is 5.69 Å². The molecule has 0 saturated carbocycles. The summed E-state index contributed by atoms with van der Waals surface area (Å²) in [6, 6.07) is 14.9. The van der Waals surface area contributed by atoms with Crippen molar-refractivity contribution < 1.29 is 9.47 Å². The first-order valence-electron chi connectivity index (χ1n) is 11.4. The van der Waals surface area contributed by atoms with Crippen molar-refractivity contribution in [2.24, 2.45) is 0 Å². The lowest BCUT2D eigenvalue weighted by molar-refractivity contribution is 0.204. The fourth-order valence-electron chi connectivity index (χ4n) is 3.71. The number of ether oxygens (including phenoxy) is 2. The second-order valence-corrected chi connectivity index (χ2v) is 8.32. The van der Waals surface area contributed by atoms with Crippen LogP contribution in [-0.2, 0) is 6.61 Å². The number of pyridine rings is 2. The van der Waals surface area contributed by atoms with Crippen LogP contribution >= 0.6 is 11.6 Å². The van der Waals surface area contributed by atoms with Crippen molar-refractivity contribution in [3.05, 3.63) is 82.0 Å². The van der Waals surface area contributed by atoms with Gasteiger partial charge in [0.1, 0.15) is 18.1 Å². The fourth-order valence-corrected chi connectivity index (χ4v) is 3.83. The number of hydrogen-bond acceptors (Lipinski definition) is 5. The molecule has 0 saturated heterocycles. The Balaban J connectivity index is 1.51. The zero-order chi connectivity index (χ0) is 23.6. The first kappa shape index (κ1) is 24.8. The molecule has 0 amide bonds. The zero-order valence-electron chi connectivity index (χ0n) is 19.5. The van der Waals surface area contributed by atoms with Crippen molar-refractivity contribution in [3.63, 3.8) is 0 Å². The molecule has 0 spiro atoms. The van der Waals surface area contributed by atoms with E-state index in [0.717, 1.165) is 43.1 Å². The summed E-state index contributed by atoms with van der Waals surface area (Å²) in [5, 5.41) is 0.572. The van der Waals surface area contributed by atoms with Crippen LogP contribution in [-0.4, -0.2) is 40.2 Å². The molecule has 0 fully saturated rings. The van der Waals surface area contributed by atoms with E-state index in [9.17, 15) is 4.79 Å². The van der Waals surface area contributed by atoms with Crippen LogP contribution in [0.4, 0.5) is 0 Å². The summed E-state index contributed by atoms with van der Waals surface area (Å²) in [6.07, 6.45) is 5.39. The van der Waals surface area contributed by atoms with Crippen LogP contribution in [0, 0.1) is 0 Å². The summed E-state index contributed by atoms with van der Waals surface area (Å²) in [6.45, 7) is 9.76. The molecule has 0 aliphatic heterocycles. The van der Waals surface area contributed by atoms with Crippen molar-refractivity contribution in [2.45, 2.75) is 46.3 Å². The van der Waals surface area contributed by atoms with E-state index in [-0.39, 0.29) is 12.2 Å². The summed E-state index contributed by atoms with van der Waals surface area (Å²) in [4.78, 5) is 19.2. The van der Waals surface area contributed by atoms with Crippen molar-refractivity contribution >= 4 is 11.6 Å². The van der Waals surface area contributed by atoms with Gasteiger partial charge < -0.3 is 14.4 Å². The average Bonchev–Trinajstić information content (AvgIpc) is 2.83. The normalized spacial score (nSPS) is 12.0. The highest BCUT2D eigenvalue weighted by molar-refractivity contribution is 6.30. The van der Waals surface area contributed by atoms with E-state index in [1.165, 1.54) is 6.07 Å². The lowest BCUT2D eigenvalue weighted by Gasteiger charge is -2.26. The molecule has 1 aromatic carbocycles. The van der Waals surface area contributed by atoms with Crippen LogP contribution < -0.4 is 15.0 Å². The van der Waals surface area contributed by atoms with Gasteiger partial charge in [-0.2, -0.15) is 0 Å². The van der Waals surface area contributed by atoms with Crippen molar-refractivity contribution in [2.75, 3.05) is 19.7 Å². The molecule has 33 heavy (non-hydrogen) atoms. The SMILES string of the molecule is CCN(CC)[C@@H](C)CCCOc1ccc(-n2ccc(OCc3ccc(Cl)cn3)cc2=O)cc1. The van der Waals surface area contributed by atoms with Gasteiger partial charge in [0, 0.05) is 30.2 Å². The van der Waals surface area contributed by atoms with E-state index < -0.39 is 0 Å². The largest absolute Gasteiger partial charge is 0.494 e. The molecule has 176 valence electrons. The predicted molar refractivity (Wildman–Crippen MR) is 133 cm³/mol. The Kier molecular flexibility index (Phi) is 9.34. The van der Waals surface area contributed by atoms with Crippen LogP contribution in [0.5, 0.6) is 11.5 Å². The number of benzene rings is 1. The molecule has 0 bridgehead atoms. The van der Waals surface area contributed by atoms with E-state index in [1.807, 2.05) is 24.3 Å². The van der Waals surface area contributed by atoms with E-state index in [1.54, 1.807) is 35.2 Å². The summed E-state index contributed by atoms with van der Waals surface area (Å²) >= 11 is 5.84. The van der Waals surface area contributed by atoms with Crippen LogP contribution in [0.3, 0.4) is 0 Å². The van der Waals surface area contributed by atoms with Gasteiger partial charge in [-0.1, -0.05) is 25.4 Å². The van der Waals surface area contributed by atoms with Gasteiger partial charge in [-0.05, 0) is 75.3 Å². The van der Waals surface area contributed by atoms with Crippen LogP contribution in [0.2, 0.25) is 5.02 Å². The Morgan fingerprint density at radius 2 is 1.79 bits per heavy atom. The Morgan fingerprint density at radius 3 is 2.42 bits per heavy atom. The van der Waals surface area contributed by atoms with E-state index >= 15 is 0 Å². The molecular formula is C26H32ClN3O3. The van der Waals surface area contributed by atoms with E-state index in [2.05, 4.69) is 30.7 Å². The summed E-state index contributed by atoms with van der Waals surface area (Å²) in [5.74, 6) is 1.30. The maximum atomic E-state index is 12.6. The average molecular weight is 470 g/mol. The fraction of sp³-hybridized carbons (Fsp3) is 0.385. The van der Waals surface area contributed by atoms with Crippen molar-refractivity contribution in [1.82, 2.24) is 14.5 Å². The molecule has 1 atom stereocenters. The van der Waals surface area contributed by atoms with Crippen LogP contribution in [0.15, 0.2) is 65.7 Å². The Hall–Kier alpha value is -2.83. The highest BCUT2D eigenvalue weighted by atomic mass is 35.5. The van der Waals surface area contributed by atoms with Crippen LogP contribution in [0.1, 0.15) is 39.3 Å². The van der Waals surface area contributed by atoms with Gasteiger partial charge in [0.15, 0.2) is 0 Å². The van der Waals surface area contributed by atoms with Gasteiger partial charge in [-0.15, -0.1) is 0 Å². The van der Waals surface area contributed by atoms with Gasteiger partial charge in [-0.3, -0.25) is 14.3 Å². The lowest BCUT2D eigenvalue weighted by atomic mass is 10.1. The third-order valence-corrected chi connectivity index (χ3v) is 5.88. The van der Waals surface area contributed by atoms with Gasteiger partial charge in [0.05, 0.1) is 17.3 Å². The Morgan fingerprint density at radius 1 is 1.03 bits per heavy atom. The monoisotopic (exact) mass is 469 g/mol. The molecule has 3 aromatic rings. The highest BCUT2D eigenvalue weighted by Gasteiger charge is 2.09. The topological polar surface area (TPSA) is 56.6 Å². The van der Waals surface area contributed by atoms with Crippen molar-refractivity contribution in [1.29, 1.82) is 0 Å². The first-order valence-corrected chi connectivity index (χ1v) is 11.8. The van der Waals surface area contributed by atoms with Gasteiger partial charge in [0.25, 0.3) is 5.56 Å². The number of nitrogens with zero attached hydrogens (tertiary/aromatic N) is 3. The minimum atomic E-state index is -0.171. The van der Waals surface area contributed by atoms with Gasteiger partial charge in [0.2, 0.25) is 0 Å². The molecule has 2 aromatic heterocycles. The molecule has 0 aliphatic carbocycles. The summed E-state index contributed by atoms with van der Waals surface area (Å²) < 4.78 is 13.1. The summed E-state index contributed by atoms with van der Waals surface area (Å²) in [5.41, 5.74) is 1.34. The third-order valence-electron chi connectivity index (χ3n) is 5.65. The quantitative estimate of drug-likeness (QED) is 0.334. The minimum Gasteiger partial charge on any atom is -0.494 e. The predicted octanol–water partition coefficient (Wildman–Crippen LogP) is 5.35. The van der Waals surface area contributed by atoms with E-state index in [0.29, 0.717) is 23.4 Å². The molecule has 7 heteroatoms. The maximum absolute atomic E-state index is 12.6. The Labute approximate surface area is 200 Å². The maximum Gasteiger partial charge on any atom is 0.258 e. The molecular weight excluding hydrogens is 438 g/mol. The Bertz CT molecular complexity index is 1050. The number of halogens is 1. The molecule has 0 N–H and O–H groups in total. The number of aromatic nitrogens is 2. The molecule has 3 rings (SSSR count). The zero-order valence-corrected chi connectivity index (χ0v) is 20.3. The second-order valence-electron chi connectivity index (χ2n) is 7.88. The highest BCUT2D eigenvalue weighted by Crippen LogP contribution is 2.17. The van der Waals surface area contributed by atoms with Gasteiger partial charge in [-0.25, -0.2) is 0 Å². The first-order chi connectivity index (χ1) is 16.0. The molecule has 0 aliphatic rings. The molecule has 2 heterocycles. The minimum absolute atomic E-state index is 0.171.